The van der Waals surface area contributed by atoms with Gasteiger partial charge in [-0.1, -0.05) is 11.6 Å². The Kier molecular flexibility index (Phi) is 4.15. The fourth-order valence-corrected chi connectivity index (χ4v) is 0.985. The van der Waals surface area contributed by atoms with E-state index in [9.17, 15) is 0 Å². The van der Waals surface area contributed by atoms with Gasteiger partial charge in [0.15, 0.2) is 0 Å². The van der Waals surface area contributed by atoms with Crippen LogP contribution >= 0.6 is 11.6 Å². The largest absolute Gasteiger partial charge is 0.329 e. The van der Waals surface area contributed by atoms with Crippen molar-refractivity contribution in [3.63, 3.8) is 0 Å². The summed E-state index contributed by atoms with van der Waals surface area (Å²) in [5.41, 5.74) is 6.43. The maximum atomic E-state index is 5.70. The number of nitrogens with zero attached hydrogens (tertiary/aromatic N) is 1. The number of pyridine rings is 1. The number of rotatable bonds is 4. The summed E-state index contributed by atoms with van der Waals surface area (Å²) >= 11 is 5.70. The minimum Gasteiger partial charge on any atom is -0.329 e. The normalized spacial score (nSPS) is 12.8. The van der Waals surface area contributed by atoms with E-state index >= 15 is 0 Å². The molecule has 1 rings (SSSR count). The number of nitrogens with two attached hydrogens (primary N) is 1. The number of nitrogens with one attached hydrogen (secondary N) is 1. The van der Waals surface area contributed by atoms with Crippen LogP contribution < -0.4 is 11.1 Å². The van der Waals surface area contributed by atoms with Crippen LogP contribution in [-0.4, -0.2) is 17.6 Å². The average molecular weight is 200 g/mol. The quantitative estimate of drug-likeness (QED) is 0.766. The Bertz CT molecular complexity index is 248. The topological polar surface area (TPSA) is 50.9 Å². The highest BCUT2D eigenvalue weighted by Gasteiger charge is 1.98. The molecule has 1 heterocycles. The predicted molar refractivity (Wildman–Crippen MR) is 54.6 cm³/mol. The Morgan fingerprint density at radius 2 is 2.38 bits per heavy atom. The molecule has 4 heteroatoms. The van der Waals surface area contributed by atoms with Crippen molar-refractivity contribution in [2.75, 3.05) is 6.54 Å². The Labute approximate surface area is 83.3 Å². The second-order valence-electron chi connectivity index (χ2n) is 2.99. The Morgan fingerprint density at radius 1 is 1.62 bits per heavy atom. The van der Waals surface area contributed by atoms with Gasteiger partial charge in [-0.3, -0.25) is 4.98 Å². The van der Waals surface area contributed by atoms with Gasteiger partial charge in [-0.05, 0) is 19.1 Å². The number of hydrogen-bond acceptors (Lipinski definition) is 3. The molecule has 72 valence electrons. The third kappa shape index (κ3) is 3.72. The molecule has 1 aromatic rings. The lowest BCUT2D eigenvalue weighted by Crippen LogP contribution is -2.32. The maximum Gasteiger partial charge on any atom is 0.0589 e. The summed E-state index contributed by atoms with van der Waals surface area (Å²) < 4.78 is 0. The number of hydrogen-bond donors (Lipinski definition) is 2. The van der Waals surface area contributed by atoms with Crippen LogP contribution in [0.15, 0.2) is 18.3 Å². The van der Waals surface area contributed by atoms with Gasteiger partial charge in [-0.15, -0.1) is 0 Å². The van der Waals surface area contributed by atoms with Gasteiger partial charge in [0.05, 0.1) is 10.7 Å². The van der Waals surface area contributed by atoms with Crippen molar-refractivity contribution in [1.82, 2.24) is 10.3 Å². The fraction of sp³-hybridized carbons (Fsp3) is 0.444. The van der Waals surface area contributed by atoms with E-state index in [0.717, 1.165) is 12.2 Å². The lowest BCUT2D eigenvalue weighted by atomic mass is 10.3. The molecule has 0 aliphatic heterocycles. The van der Waals surface area contributed by atoms with E-state index in [4.69, 9.17) is 17.3 Å². The van der Waals surface area contributed by atoms with Crippen LogP contribution in [0, 0.1) is 0 Å². The molecule has 0 radical (unpaired) electrons. The first-order valence-electron chi connectivity index (χ1n) is 4.26. The van der Waals surface area contributed by atoms with E-state index in [1.54, 1.807) is 6.20 Å². The molecular formula is C9H14ClN3. The van der Waals surface area contributed by atoms with Crippen molar-refractivity contribution < 1.29 is 0 Å². The molecule has 0 bridgehead atoms. The van der Waals surface area contributed by atoms with Gasteiger partial charge in [-0.25, -0.2) is 0 Å². The van der Waals surface area contributed by atoms with E-state index in [-0.39, 0.29) is 0 Å². The zero-order chi connectivity index (χ0) is 9.68. The monoisotopic (exact) mass is 199 g/mol. The van der Waals surface area contributed by atoms with Gasteiger partial charge in [0, 0.05) is 25.3 Å². The molecule has 3 nitrogen and oxygen atoms in total. The maximum absolute atomic E-state index is 5.70. The van der Waals surface area contributed by atoms with Crippen molar-refractivity contribution in [3.8, 4) is 0 Å². The highest BCUT2D eigenvalue weighted by molar-refractivity contribution is 6.30. The first kappa shape index (κ1) is 10.4. The van der Waals surface area contributed by atoms with Gasteiger partial charge in [0.2, 0.25) is 0 Å². The van der Waals surface area contributed by atoms with Crippen LogP contribution in [-0.2, 0) is 6.54 Å². The van der Waals surface area contributed by atoms with E-state index in [0.29, 0.717) is 17.6 Å². The van der Waals surface area contributed by atoms with Crippen LogP contribution in [0.2, 0.25) is 5.02 Å². The Morgan fingerprint density at radius 3 is 2.92 bits per heavy atom. The Hall–Kier alpha value is -0.640. The SMILES string of the molecule is C[C@H](CN)NCc1ccc(Cl)cn1. The zero-order valence-corrected chi connectivity index (χ0v) is 8.38. The molecule has 1 aromatic heterocycles. The highest BCUT2D eigenvalue weighted by atomic mass is 35.5. The second kappa shape index (κ2) is 5.17. The van der Waals surface area contributed by atoms with Crippen molar-refractivity contribution in [2.45, 2.75) is 19.5 Å². The van der Waals surface area contributed by atoms with Gasteiger partial charge in [0.25, 0.3) is 0 Å². The molecule has 3 N–H and O–H groups in total. The van der Waals surface area contributed by atoms with Crippen molar-refractivity contribution >= 4 is 11.6 Å². The molecule has 0 saturated carbocycles. The van der Waals surface area contributed by atoms with E-state index in [2.05, 4.69) is 10.3 Å². The van der Waals surface area contributed by atoms with Crippen molar-refractivity contribution in [2.24, 2.45) is 5.73 Å². The molecule has 0 unspecified atom stereocenters. The van der Waals surface area contributed by atoms with E-state index < -0.39 is 0 Å². The molecule has 1 atom stereocenters. The van der Waals surface area contributed by atoms with Crippen LogP contribution in [0.4, 0.5) is 0 Å². The van der Waals surface area contributed by atoms with Crippen LogP contribution in [0.5, 0.6) is 0 Å². The van der Waals surface area contributed by atoms with E-state index in [1.165, 1.54) is 0 Å². The summed E-state index contributed by atoms with van der Waals surface area (Å²) in [5.74, 6) is 0. The smallest absolute Gasteiger partial charge is 0.0589 e. The lowest BCUT2D eigenvalue weighted by molar-refractivity contribution is 0.550. The number of halogens is 1. The third-order valence-corrected chi connectivity index (χ3v) is 2.00. The summed E-state index contributed by atoms with van der Waals surface area (Å²) in [5, 5.41) is 3.90. The average Bonchev–Trinajstić information content (AvgIpc) is 2.16. The van der Waals surface area contributed by atoms with E-state index in [1.807, 2.05) is 19.1 Å². The van der Waals surface area contributed by atoms with Crippen molar-refractivity contribution in [3.05, 3.63) is 29.0 Å². The summed E-state index contributed by atoms with van der Waals surface area (Å²) in [4.78, 5) is 4.15. The van der Waals surface area contributed by atoms with Crippen LogP contribution in [0.25, 0.3) is 0 Å². The highest BCUT2D eigenvalue weighted by Crippen LogP contribution is 2.05. The fourth-order valence-electron chi connectivity index (χ4n) is 0.873. The first-order chi connectivity index (χ1) is 6.22. The molecule has 0 aromatic carbocycles. The Balaban J connectivity index is 2.41. The molecule has 13 heavy (non-hydrogen) atoms. The first-order valence-corrected chi connectivity index (χ1v) is 4.64. The van der Waals surface area contributed by atoms with Gasteiger partial charge >= 0.3 is 0 Å². The molecule has 0 aliphatic rings. The minimum absolute atomic E-state index is 0.317. The number of aromatic nitrogens is 1. The van der Waals surface area contributed by atoms with Gasteiger partial charge in [-0.2, -0.15) is 0 Å². The molecule has 0 spiro atoms. The molecular weight excluding hydrogens is 186 g/mol. The van der Waals surface area contributed by atoms with Gasteiger partial charge < -0.3 is 11.1 Å². The van der Waals surface area contributed by atoms with Gasteiger partial charge in [0.1, 0.15) is 0 Å². The lowest BCUT2D eigenvalue weighted by Gasteiger charge is -2.10. The van der Waals surface area contributed by atoms with Crippen molar-refractivity contribution in [1.29, 1.82) is 0 Å². The summed E-state index contributed by atoms with van der Waals surface area (Å²) in [6, 6.07) is 4.05. The van der Waals surface area contributed by atoms with Crippen LogP contribution in [0.1, 0.15) is 12.6 Å². The van der Waals surface area contributed by atoms with Crippen LogP contribution in [0.3, 0.4) is 0 Å². The second-order valence-corrected chi connectivity index (χ2v) is 3.42. The predicted octanol–water partition coefficient (Wildman–Crippen LogP) is 1.17. The summed E-state index contributed by atoms with van der Waals surface area (Å²) in [6.07, 6.45) is 1.64. The molecule has 0 fully saturated rings. The third-order valence-electron chi connectivity index (χ3n) is 1.77. The zero-order valence-electron chi connectivity index (χ0n) is 7.63. The molecule has 0 aliphatic carbocycles. The molecule has 0 saturated heterocycles. The standard InChI is InChI=1S/C9H14ClN3/c1-7(4-11)12-6-9-3-2-8(10)5-13-9/h2-3,5,7,12H,4,6,11H2,1H3/t7-/m1/s1. The minimum atomic E-state index is 0.317. The summed E-state index contributed by atoms with van der Waals surface area (Å²) in [6.45, 7) is 3.40. The molecule has 0 amide bonds. The summed E-state index contributed by atoms with van der Waals surface area (Å²) in [7, 11) is 0.